The van der Waals surface area contributed by atoms with Gasteiger partial charge in [-0.1, -0.05) is 12.1 Å². The van der Waals surface area contributed by atoms with Crippen LogP contribution < -0.4 is 11.3 Å². The molecule has 0 saturated heterocycles. The average molecular weight is 189 g/mol. The largest absolute Gasteiger partial charge is 0.506 e. The molecule has 4 nitrogen and oxygen atoms in total. The molecule has 4 N–H and O–H groups in total. The maximum absolute atomic E-state index is 9.58. The zero-order valence-corrected chi connectivity index (χ0v) is 7.78. The Morgan fingerprint density at radius 3 is 2.93 bits per heavy atom. The van der Waals surface area contributed by atoms with Crippen molar-refractivity contribution < 1.29 is 5.11 Å². The molecule has 2 rings (SSSR count). The first kappa shape index (κ1) is 8.77. The number of phenols is 1. The first-order valence-corrected chi connectivity index (χ1v) is 4.28. The van der Waals surface area contributed by atoms with E-state index < -0.39 is 0 Å². The molecule has 0 bridgehead atoms. The number of nitrogens with one attached hydrogen (secondary N) is 1. The highest BCUT2D eigenvalue weighted by Gasteiger charge is 2.04. The van der Waals surface area contributed by atoms with Crippen molar-refractivity contribution >= 4 is 16.7 Å². The Morgan fingerprint density at radius 2 is 2.21 bits per heavy atom. The Hall–Kier alpha value is -1.81. The normalized spacial score (nSPS) is 10.4. The highest BCUT2D eigenvalue weighted by Crippen LogP contribution is 2.26. The van der Waals surface area contributed by atoms with Crippen LogP contribution in [0.3, 0.4) is 0 Å². The Bertz CT molecular complexity index is 482. The van der Waals surface area contributed by atoms with Gasteiger partial charge in [0.15, 0.2) is 0 Å². The molecule has 0 aliphatic rings. The van der Waals surface area contributed by atoms with Gasteiger partial charge in [0.1, 0.15) is 17.1 Å². The van der Waals surface area contributed by atoms with Crippen LogP contribution in [0.15, 0.2) is 24.3 Å². The molecule has 0 saturated carbocycles. The minimum absolute atomic E-state index is 0.169. The third-order valence-corrected chi connectivity index (χ3v) is 2.17. The molecule has 1 aromatic carbocycles. The van der Waals surface area contributed by atoms with E-state index in [0.717, 1.165) is 10.9 Å². The lowest BCUT2D eigenvalue weighted by Gasteiger charge is -2.06. The second-order valence-electron chi connectivity index (χ2n) is 3.14. The van der Waals surface area contributed by atoms with E-state index in [1.54, 1.807) is 12.1 Å². The number of nitrogens with zero attached hydrogens (tertiary/aromatic N) is 1. The summed E-state index contributed by atoms with van der Waals surface area (Å²) in [5, 5.41) is 10.5. The summed E-state index contributed by atoms with van der Waals surface area (Å²) in [7, 11) is 0. The minimum atomic E-state index is 0.169. The number of aryl methyl sites for hydroxylation is 1. The quantitative estimate of drug-likeness (QED) is 0.470. The van der Waals surface area contributed by atoms with Gasteiger partial charge in [-0.15, -0.1) is 0 Å². The Kier molecular flexibility index (Phi) is 1.98. The Morgan fingerprint density at radius 1 is 1.43 bits per heavy atom. The minimum Gasteiger partial charge on any atom is -0.506 e. The highest BCUT2D eigenvalue weighted by molar-refractivity contribution is 5.88. The SMILES string of the molecule is Cc1cc(NN)nc2c(O)cccc12. The summed E-state index contributed by atoms with van der Waals surface area (Å²) in [6.07, 6.45) is 0. The highest BCUT2D eigenvalue weighted by atomic mass is 16.3. The van der Waals surface area contributed by atoms with Crippen LogP contribution in [0.2, 0.25) is 0 Å². The first-order chi connectivity index (χ1) is 6.72. The summed E-state index contributed by atoms with van der Waals surface area (Å²) in [6, 6.07) is 7.15. The van der Waals surface area contributed by atoms with E-state index in [1.807, 2.05) is 19.1 Å². The number of hydrogen-bond acceptors (Lipinski definition) is 4. The summed E-state index contributed by atoms with van der Waals surface area (Å²) in [4.78, 5) is 4.17. The van der Waals surface area contributed by atoms with Crippen molar-refractivity contribution in [1.29, 1.82) is 0 Å². The van der Waals surface area contributed by atoms with Crippen molar-refractivity contribution in [1.82, 2.24) is 4.98 Å². The van der Waals surface area contributed by atoms with Gasteiger partial charge in [0.2, 0.25) is 0 Å². The predicted molar refractivity (Wildman–Crippen MR) is 56.0 cm³/mol. The van der Waals surface area contributed by atoms with Crippen LogP contribution >= 0.6 is 0 Å². The number of aromatic nitrogens is 1. The van der Waals surface area contributed by atoms with E-state index in [-0.39, 0.29) is 5.75 Å². The molecule has 0 aliphatic heterocycles. The molecular weight excluding hydrogens is 178 g/mol. The molecule has 1 heterocycles. The lowest BCUT2D eigenvalue weighted by molar-refractivity contribution is 0.480. The molecule has 0 atom stereocenters. The number of anilines is 1. The number of para-hydroxylation sites is 1. The van der Waals surface area contributed by atoms with Crippen LogP contribution in [0, 0.1) is 6.92 Å². The van der Waals surface area contributed by atoms with Gasteiger partial charge in [0, 0.05) is 5.39 Å². The number of hydrogen-bond donors (Lipinski definition) is 3. The van der Waals surface area contributed by atoms with Gasteiger partial charge in [-0.3, -0.25) is 0 Å². The van der Waals surface area contributed by atoms with Crippen LogP contribution in [-0.2, 0) is 0 Å². The van der Waals surface area contributed by atoms with Crippen molar-refractivity contribution in [3.63, 3.8) is 0 Å². The van der Waals surface area contributed by atoms with Crippen LogP contribution in [0.1, 0.15) is 5.56 Å². The lowest BCUT2D eigenvalue weighted by Crippen LogP contribution is -2.08. The van der Waals surface area contributed by atoms with E-state index >= 15 is 0 Å². The fourth-order valence-corrected chi connectivity index (χ4v) is 1.48. The lowest BCUT2D eigenvalue weighted by atomic mass is 10.1. The van der Waals surface area contributed by atoms with Crippen molar-refractivity contribution in [3.8, 4) is 5.75 Å². The van der Waals surface area contributed by atoms with Gasteiger partial charge in [-0.2, -0.15) is 0 Å². The Balaban J connectivity index is 2.83. The molecule has 0 aliphatic carbocycles. The van der Waals surface area contributed by atoms with Gasteiger partial charge in [0.25, 0.3) is 0 Å². The number of fused-ring (bicyclic) bond motifs is 1. The molecule has 0 radical (unpaired) electrons. The van der Waals surface area contributed by atoms with Gasteiger partial charge < -0.3 is 10.5 Å². The molecule has 1 aromatic heterocycles. The van der Waals surface area contributed by atoms with Crippen molar-refractivity contribution in [2.75, 3.05) is 5.43 Å². The van der Waals surface area contributed by atoms with Crippen LogP contribution in [0.5, 0.6) is 5.75 Å². The smallest absolute Gasteiger partial charge is 0.141 e. The topological polar surface area (TPSA) is 71.2 Å². The van der Waals surface area contributed by atoms with E-state index in [1.165, 1.54) is 0 Å². The summed E-state index contributed by atoms with van der Waals surface area (Å²) < 4.78 is 0. The molecule has 0 spiro atoms. The first-order valence-electron chi connectivity index (χ1n) is 4.28. The maximum Gasteiger partial charge on any atom is 0.141 e. The van der Waals surface area contributed by atoms with E-state index in [2.05, 4.69) is 10.4 Å². The molecule has 0 amide bonds. The third-order valence-electron chi connectivity index (χ3n) is 2.17. The number of aromatic hydroxyl groups is 1. The van der Waals surface area contributed by atoms with Crippen molar-refractivity contribution in [2.24, 2.45) is 5.84 Å². The van der Waals surface area contributed by atoms with Crippen LogP contribution in [-0.4, -0.2) is 10.1 Å². The summed E-state index contributed by atoms with van der Waals surface area (Å²) in [5.41, 5.74) is 4.06. The molecule has 72 valence electrons. The van der Waals surface area contributed by atoms with Crippen molar-refractivity contribution in [3.05, 3.63) is 29.8 Å². The third kappa shape index (κ3) is 1.25. The van der Waals surface area contributed by atoms with Gasteiger partial charge in [-0.25, -0.2) is 10.8 Å². The fourth-order valence-electron chi connectivity index (χ4n) is 1.48. The summed E-state index contributed by atoms with van der Waals surface area (Å²) >= 11 is 0. The maximum atomic E-state index is 9.58. The predicted octanol–water partition coefficient (Wildman–Crippen LogP) is 1.53. The van der Waals surface area contributed by atoms with Gasteiger partial charge in [-0.05, 0) is 24.6 Å². The zero-order valence-electron chi connectivity index (χ0n) is 7.78. The fraction of sp³-hybridized carbons (Fsp3) is 0.100. The molecule has 2 aromatic rings. The number of rotatable bonds is 1. The molecular formula is C10H11N3O. The van der Waals surface area contributed by atoms with E-state index in [0.29, 0.717) is 11.3 Å². The summed E-state index contributed by atoms with van der Waals surface area (Å²) in [5.74, 6) is 5.99. The standard InChI is InChI=1S/C10H11N3O/c1-6-5-9(13-11)12-10-7(6)3-2-4-8(10)14/h2-5,14H,11H2,1H3,(H,12,13). The monoisotopic (exact) mass is 189 g/mol. The molecule has 0 fully saturated rings. The number of pyridine rings is 1. The summed E-state index contributed by atoms with van der Waals surface area (Å²) in [6.45, 7) is 1.95. The number of nitrogens with two attached hydrogens (primary N) is 1. The number of benzene rings is 1. The van der Waals surface area contributed by atoms with E-state index in [4.69, 9.17) is 5.84 Å². The van der Waals surface area contributed by atoms with Crippen molar-refractivity contribution in [2.45, 2.75) is 6.92 Å². The average Bonchev–Trinajstić information content (AvgIpc) is 2.19. The number of nitrogen functional groups attached to an aromatic ring is 1. The molecule has 4 heteroatoms. The molecule has 14 heavy (non-hydrogen) atoms. The molecule has 0 unspecified atom stereocenters. The Labute approximate surface area is 81.4 Å². The number of hydrazine groups is 1. The van der Waals surface area contributed by atoms with E-state index in [9.17, 15) is 5.11 Å². The second kappa shape index (κ2) is 3.16. The zero-order chi connectivity index (χ0) is 10.1. The number of phenolic OH excluding ortho intramolecular Hbond substituents is 1. The van der Waals surface area contributed by atoms with Crippen LogP contribution in [0.25, 0.3) is 10.9 Å². The second-order valence-corrected chi connectivity index (χ2v) is 3.14. The van der Waals surface area contributed by atoms with Crippen LogP contribution in [0.4, 0.5) is 5.82 Å². The van der Waals surface area contributed by atoms with Gasteiger partial charge >= 0.3 is 0 Å². The van der Waals surface area contributed by atoms with Gasteiger partial charge in [0.05, 0.1) is 0 Å².